The normalized spacial score (nSPS) is 10.4. The molecule has 0 bridgehead atoms. The predicted molar refractivity (Wildman–Crippen MR) is 61.3 cm³/mol. The Morgan fingerprint density at radius 1 is 1.50 bits per heavy atom. The van der Waals surface area contributed by atoms with Crippen LogP contribution >= 0.6 is 15.9 Å². The molecule has 2 rings (SSSR count). The Balaban J connectivity index is 2.54. The first-order valence-electron chi connectivity index (χ1n) is 4.54. The van der Waals surface area contributed by atoms with E-state index in [1.54, 1.807) is 6.07 Å². The Kier molecular flexibility index (Phi) is 2.78. The zero-order chi connectivity index (χ0) is 11.7. The maximum absolute atomic E-state index is 10.9. The van der Waals surface area contributed by atoms with E-state index in [1.165, 1.54) is 6.20 Å². The highest BCUT2D eigenvalue weighted by molar-refractivity contribution is 9.10. The van der Waals surface area contributed by atoms with Crippen molar-refractivity contribution in [2.24, 2.45) is 0 Å². The molecule has 1 heterocycles. The van der Waals surface area contributed by atoms with E-state index < -0.39 is 5.97 Å². The first kappa shape index (κ1) is 10.9. The molecule has 0 aliphatic heterocycles. The minimum Gasteiger partial charge on any atom is -0.477 e. The number of aryl methyl sites for hydroxylation is 1. The Morgan fingerprint density at radius 2 is 2.25 bits per heavy atom. The van der Waals surface area contributed by atoms with Gasteiger partial charge in [-0.3, -0.25) is 0 Å². The molecule has 0 aliphatic rings. The molecule has 0 saturated heterocycles. The largest absolute Gasteiger partial charge is 0.477 e. The number of halogens is 1. The quantitative estimate of drug-likeness (QED) is 0.919. The summed E-state index contributed by atoms with van der Waals surface area (Å²) in [5, 5.41) is 12.4. The molecule has 0 aliphatic carbocycles. The van der Waals surface area contributed by atoms with Gasteiger partial charge in [0.05, 0.1) is 6.20 Å². The summed E-state index contributed by atoms with van der Waals surface area (Å²) in [4.78, 5) is 10.9. The van der Waals surface area contributed by atoms with Crippen LogP contribution in [0.1, 0.15) is 15.9 Å². The van der Waals surface area contributed by atoms with Crippen LogP contribution in [0, 0.1) is 6.92 Å². The lowest BCUT2D eigenvalue weighted by molar-refractivity contribution is 0.0697. The fourth-order valence-corrected chi connectivity index (χ4v) is 1.63. The molecule has 82 valence electrons. The van der Waals surface area contributed by atoms with Gasteiger partial charge in [0.25, 0.3) is 0 Å². The van der Waals surface area contributed by atoms with Crippen molar-refractivity contribution in [1.82, 2.24) is 5.16 Å². The molecule has 1 N–H and O–H groups in total. The molecule has 0 saturated carbocycles. The number of carboxylic acids is 1. The van der Waals surface area contributed by atoms with E-state index in [2.05, 4.69) is 21.1 Å². The van der Waals surface area contributed by atoms with Crippen LogP contribution in [-0.2, 0) is 0 Å². The van der Waals surface area contributed by atoms with Gasteiger partial charge in [-0.25, -0.2) is 4.79 Å². The standard InChI is InChI=1S/C11H8BrNO3/c1-6-4-7(2-3-9(6)12)10-8(11(14)15)5-13-16-10/h2-5H,1H3,(H,14,15). The van der Waals surface area contributed by atoms with Gasteiger partial charge in [-0.1, -0.05) is 21.1 Å². The van der Waals surface area contributed by atoms with Crippen LogP contribution in [0.4, 0.5) is 0 Å². The number of aromatic nitrogens is 1. The van der Waals surface area contributed by atoms with E-state index in [4.69, 9.17) is 9.63 Å². The highest BCUT2D eigenvalue weighted by atomic mass is 79.9. The van der Waals surface area contributed by atoms with Gasteiger partial charge in [-0.05, 0) is 30.7 Å². The molecule has 2 aromatic rings. The van der Waals surface area contributed by atoms with Crippen LogP contribution < -0.4 is 0 Å². The monoisotopic (exact) mass is 281 g/mol. The first-order valence-corrected chi connectivity index (χ1v) is 5.33. The van der Waals surface area contributed by atoms with Crippen molar-refractivity contribution >= 4 is 21.9 Å². The maximum Gasteiger partial charge on any atom is 0.341 e. The summed E-state index contributed by atoms with van der Waals surface area (Å²) in [7, 11) is 0. The third-order valence-electron chi connectivity index (χ3n) is 2.22. The number of carboxylic acid groups (broad SMARTS) is 1. The summed E-state index contributed by atoms with van der Waals surface area (Å²) in [6.45, 7) is 1.92. The lowest BCUT2D eigenvalue weighted by Crippen LogP contribution is -1.96. The molecule has 0 unspecified atom stereocenters. The van der Waals surface area contributed by atoms with Crippen molar-refractivity contribution in [2.45, 2.75) is 6.92 Å². The van der Waals surface area contributed by atoms with E-state index in [-0.39, 0.29) is 11.3 Å². The summed E-state index contributed by atoms with van der Waals surface area (Å²) < 4.78 is 5.93. The number of carbonyl (C=O) groups is 1. The summed E-state index contributed by atoms with van der Waals surface area (Å²) >= 11 is 3.38. The first-order chi connectivity index (χ1) is 7.59. The van der Waals surface area contributed by atoms with E-state index >= 15 is 0 Å². The van der Waals surface area contributed by atoms with E-state index in [9.17, 15) is 4.79 Å². The molecule has 0 radical (unpaired) electrons. The highest BCUT2D eigenvalue weighted by Gasteiger charge is 2.17. The van der Waals surface area contributed by atoms with Crippen LogP contribution in [-0.4, -0.2) is 16.2 Å². The lowest BCUT2D eigenvalue weighted by Gasteiger charge is -2.01. The van der Waals surface area contributed by atoms with Crippen molar-refractivity contribution in [3.8, 4) is 11.3 Å². The van der Waals surface area contributed by atoms with Gasteiger partial charge >= 0.3 is 5.97 Å². The van der Waals surface area contributed by atoms with Gasteiger partial charge in [0.2, 0.25) is 0 Å². The molecule has 16 heavy (non-hydrogen) atoms. The number of rotatable bonds is 2. The Morgan fingerprint density at radius 3 is 2.88 bits per heavy atom. The average molecular weight is 282 g/mol. The second-order valence-electron chi connectivity index (χ2n) is 3.34. The van der Waals surface area contributed by atoms with Gasteiger partial charge in [-0.2, -0.15) is 0 Å². The van der Waals surface area contributed by atoms with Crippen LogP contribution in [0.15, 0.2) is 33.4 Å². The summed E-state index contributed by atoms with van der Waals surface area (Å²) in [6.07, 6.45) is 1.20. The predicted octanol–water partition coefficient (Wildman–Crippen LogP) is 3.11. The molecule has 0 fully saturated rings. The van der Waals surface area contributed by atoms with Crippen LogP contribution in [0.2, 0.25) is 0 Å². The molecule has 1 aromatic carbocycles. The third-order valence-corrected chi connectivity index (χ3v) is 3.11. The highest BCUT2D eigenvalue weighted by Crippen LogP contribution is 2.27. The third kappa shape index (κ3) is 1.86. The zero-order valence-electron chi connectivity index (χ0n) is 8.40. The Hall–Kier alpha value is -1.62. The van der Waals surface area contributed by atoms with Crippen molar-refractivity contribution in [3.63, 3.8) is 0 Å². The minimum absolute atomic E-state index is 0.0710. The van der Waals surface area contributed by atoms with Crippen molar-refractivity contribution in [3.05, 3.63) is 40.0 Å². The fraction of sp³-hybridized carbons (Fsp3) is 0.0909. The van der Waals surface area contributed by atoms with E-state index in [0.717, 1.165) is 10.0 Å². The number of aromatic carboxylic acids is 1. The van der Waals surface area contributed by atoms with E-state index in [0.29, 0.717) is 5.56 Å². The molecule has 0 amide bonds. The van der Waals surface area contributed by atoms with Gasteiger partial charge in [-0.15, -0.1) is 0 Å². The molecule has 1 aromatic heterocycles. The second-order valence-corrected chi connectivity index (χ2v) is 4.19. The summed E-state index contributed by atoms with van der Waals surface area (Å²) in [5.74, 6) is -0.764. The number of nitrogens with zero attached hydrogens (tertiary/aromatic N) is 1. The van der Waals surface area contributed by atoms with Crippen LogP contribution in [0.3, 0.4) is 0 Å². The minimum atomic E-state index is -1.04. The Labute approximate surface area is 100 Å². The molecule has 0 spiro atoms. The van der Waals surface area contributed by atoms with Crippen molar-refractivity contribution in [1.29, 1.82) is 0 Å². The molecule has 0 atom stereocenters. The van der Waals surface area contributed by atoms with Gasteiger partial charge in [0.1, 0.15) is 5.56 Å². The van der Waals surface area contributed by atoms with Gasteiger partial charge in [0, 0.05) is 10.0 Å². The molecular weight excluding hydrogens is 274 g/mol. The Bertz CT molecular complexity index is 548. The lowest BCUT2D eigenvalue weighted by atomic mass is 10.1. The van der Waals surface area contributed by atoms with Gasteiger partial charge in [0.15, 0.2) is 5.76 Å². The van der Waals surface area contributed by atoms with Crippen LogP contribution in [0.5, 0.6) is 0 Å². The summed E-state index contributed by atoms with van der Waals surface area (Å²) in [5.41, 5.74) is 1.78. The van der Waals surface area contributed by atoms with Crippen molar-refractivity contribution < 1.29 is 14.4 Å². The SMILES string of the molecule is Cc1cc(-c2oncc2C(=O)O)ccc1Br. The van der Waals surface area contributed by atoms with E-state index in [1.807, 2.05) is 19.1 Å². The molecular formula is C11H8BrNO3. The van der Waals surface area contributed by atoms with Gasteiger partial charge < -0.3 is 9.63 Å². The smallest absolute Gasteiger partial charge is 0.341 e. The van der Waals surface area contributed by atoms with Crippen molar-refractivity contribution in [2.75, 3.05) is 0 Å². The zero-order valence-corrected chi connectivity index (χ0v) is 9.98. The number of benzene rings is 1. The fourth-order valence-electron chi connectivity index (χ4n) is 1.39. The summed E-state index contributed by atoms with van der Waals surface area (Å²) in [6, 6.07) is 5.47. The average Bonchev–Trinajstić information content (AvgIpc) is 2.71. The number of hydrogen-bond acceptors (Lipinski definition) is 3. The number of hydrogen-bond donors (Lipinski definition) is 1. The molecule has 4 nitrogen and oxygen atoms in total. The maximum atomic E-state index is 10.9. The van der Waals surface area contributed by atoms with Crippen LogP contribution in [0.25, 0.3) is 11.3 Å². The molecule has 5 heteroatoms. The topological polar surface area (TPSA) is 63.3 Å². The second kappa shape index (κ2) is 4.09.